The topological polar surface area (TPSA) is 100.0 Å². The first-order valence-electron chi connectivity index (χ1n) is 12.0. The van der Waals surface area contributed by atoms with Crippen molar-refractivity contribution in [3.05, 3.63) is 117 Å². The van der Waals surface area contributed by atoms with Gasteiger partial charge in [-0.15, -0.1) is 0 Å². The van der Waals surface area contributed by atoms with Crippen LogP contribution >= 0.6 is 35.4 Å². The molecule has 14 heteroatoms. The number of halogens is 4. The highest BCUT2D eigenvalue weighted by Crippen LogP contribution is 2.37. The van der Waals surface area contributed by atoms with Crippen molar-refractivity contribution in [2.24, 2.45) is 0 Å². The SMILES string of the molecule is CC(n1ncn(-c2ccc(OC(=O)c3ccc(Cl)cc3Cl)cc2)c1=S)C(O)(Cn1cncn1)c1ccc(F)cc1F. The van der Waals surface area contributed by atoms with Gasteiger partial charge in [-0.1, -0.05) is 29.3 Å². The van der Waals surface area contributed by atoms with Gasteiger partial charge in [0.15, 0.2) is 0 Å². The van der Waals surface area contributed by atoms with E-state index in [1.165, 1.54) is 52.6 Å². The third kappa shape index (κ3) is 5.77. The summed E-state index contributed by atoms with van der Waals surface area (Å²) in [5, 5.41) is 20.8. The van der Waals surface area contributed by atoms with Crippen molar-refractivity contribution in [1.29, 1.82) is 0 Å². The summed E-state index contributed by atoms with van der Waals surface area (Å²) in [7, 11) is 0. The molecular weight excluding hydrogens is 597 g/mol. The van der Waals surface area contributed by atoms with Gasteiger partial charge >= 0.3 is 5.97 Å². The Kier molecular flexibility index (Phi) is 8.00. The molecule has 5 rings (SSSR count). The van der Waals surface area contributed by atoms with Crippen LogP contribution in [0.3, 0.4) is 0 Å². The lowest BCUT2D eigenvalue weighted by Crippen LogP contribution is -2.41. The molecule has 0 saturated carbocycles. The average Bonchev–Trinajstić information content (AvgIpc) is 3.58. The molecule has 2 atom stereocenters. The Morgan fingerprint density at radius 3 is 2.49 bits per heavy atom. The molecule has 0 radical (unpaired) electrons. The molecule has 0 saturated heterocycles. The smallest absolute Gasteiger partial charge is 0.345 e. The number of esters is 1. The summed E-state index contributed by atoms with van der Waals surface area (Å²) < 4.78 is 38.5. The molecule has 0 fully saturated rings. The largest absolute Gasteiger partial charge is 0.423 e. The van der Waals surface area contributed by atoms with E-state index < -0.39 is 29.2 Å². The minimum atomic E-state index is -1.95. The molecule has 0 bridgehead atoms. The van der Waals surface area contributed by atoms with E-state index in [2.05, 4.69) is 15.2 Å². The molecule has 0 amide bonds. The molecule has 1 N–H and O–H groups in total. The van der Waals surface area contributed by atoms with Gasteiger partial charge in [-0.3, -0.25) is 4.57 Å². The number of benzene rings is 3. The van der Waals surface area contributed by atoms with Crippen LogP contribution in [0, 0.1) is 16.4 Å². The molecule has 0 spiro atoms. The van der Waals surface area contributed by atoms with Gasteiger partial charge in [-0.2, -0.15) is 10.2 Å². The number of hydrogen-bond acceptors (Lipinski definition) is 7. The summed E-state index contributed by atoms with van der Waals surface area (Å²) in [6.07, 6.45) is 4.08. The minimum Gasteiger partial charge on any atom is -0.423 e. The van der Waals surface area contributed by atoms with E-state index in [0.29, 0.717) is 16.8 Å². The van der Waals surface area contributed by atoms with Crippen LogP contribution in [0.5, 0.6) is 5.75 Å². The van der Waals surface area contributed by atoms with Gasteiger partial charge in [0.2, 0.25) is 4.77 Å². The Morgan fingerprint density at radius 2 is 1.83 bits per heavy atom. The number of aliphatic hydroxyl groups is 1. The van der Waals surface area contributed by atoms with Crippen LogP contribution in [0.1, 0.15) is 28.9 Å². The number of aromatic nitrogens is 6. The van der Waals surface area contributed by atoms with Crippen LogP contribution in [0.4, 0.5) is 8.78 Å². The van der Waals surface area contributed by atoms with Crippen molar-refractivity contribution in [3.63, 3.8) is 0 Å². The van der Waals surface area contributed by atoms with E-state index in [1.54, 1.807) is 35.8 Å². The van der Waals surface area contributed by atoms with Gasteiger partial charge in [0, 0.05) is 22.3 Å². The van der Waals surface area contributed by atoms with Crippen molar-refractivity contribution in [2.75, 3.05) is 0 Å². The molecule has 2 aromatic heterocycles. The van der Waals surface area contributed by atoms with E-state index in [9.17, 15) is 18.7 Å². The third-order valence-electron chi connectivity index (χ3n) is 6.50. The highest BCUT2D eigenvalue weighted by Gasteiger charge is 2.41. The van der Waals surface area contributed by atoms with Gasteiger partial charge in [0.25, 0.3) is 0 Å². The highest BCUT2D eigenvalue weighted by atomic mass is 35.5. The first kappa shape index (κ1) is 28.6. The predicted molar refractivity (Wildman–Crippen MR) is 149 cm³/mol. The predicted octanol–water partition coefficient (Wildman–Crippen LogP) is 5.95. The quantitative estimate of drug-likeness (QED) is 0.131. The number of carbonyl (C=O) groups is 1. The molecule has 5 aromatic rings. The number of carbonyl (C=O) groups excluding carboxylic acids is 1. The molecule has 3 aromatic carbocycles. The molecule has 0 aliphatic heterocycles. The second kappa shape index (κ2) is 11.5. The number of hydrogen-bond donors (Lipinski definition) is 1. The number of rotatable bonds is 8. The lowest BCUT2D eigenvalue weighted by molar-refractivity contribution is -0.0375. The summed E-state index contributed by atoms with van der Waals surface area (Å²) in [5.41, 5.74) is -1.38. The van der Waals surface area contributed by atoms with Crippen molar-refractivity contribution in [1.82, 2.24) is 29.1 Å². The van der Waals surface area contributed by atoms with E-state index >= 15 is 0 Å². The van der Waals surface area contributed by atoms with Crippen LogP contribution < -0.4 is 4.74 Å². The van der Waals surface area contributed by atoms with E-state index in [1.807, 2.05) is 0 Å². The fourth-order valence-electron chi connectivity index (χ4n) is 4.30. The zero-order valence-electron chi connectivity index (χ0n) is 21.2. The first-order valence-corrected chi connectivity index (χ1v) is 13.2. The fourth-order valence-corrected chi connectivity index (χ4v) is 5.14. The lowest BCUT2D eigenvalue weighted by Gasteiger charge is -2.34. The summed E-state index contributed by atoms with van der Waals surface area (Å²) in [6, 6.07) is 12.9. The Balaban J connectivity index is 1.42. The number of nitrogens with zero attached hydrogens (tertiary/aromatic N) is 6. The summed E-state index contributed by atoms with van der Waals surface area (Å²) in [4.78, 5) is 16.4. The van der Waals surface area contributed by atoms with Crippen LogP contribution in [0.15, 0.2) is 79.6 Å². The van der Waals surface area contributed by atoms with Crippen molar-refractivity contribution in [3.8, 4) is 11.4 Å². The zero-order valence-corrected chi connectivity index (χ0v) is 23.5. The molecule has 0 aliphatic rings. The standard InChI is InChI=1S/C27H20Cl2F2N6O3S/c1-16(27(39,12-35-14-32-13-33-35)22-9-3-18(30)11-24(22)31)37-26(41)36(15-34-37)19-4-6-20(7-5-19)40-25(38)21-8-2-17(28)10-23(21)29/h2-11,13-16,39H,12H2,1H3. The number of ether oxygens (including phenoxy) is 1. The van der Waals surface area contributed by atoms with E-state index in [4.69, 9.17) is 40.2 Å². The van der Waals surface area contributed by atoms with Crippen molar-refractivity contribution >= 4 is 41.4 Å². The normalized spacial score (nSPS) is 13.5. The van der Waals surface area contributed by atoms with Crippen LogP contribution in [0.2, 0.25) is 10.0 Å². The van der Waals surface area contributed by atoms with Crippen molar-refractivity contribution < 1.29 is 23.4 Å². The zero-order chi connectivity index (χ0) is 29.3. The molecule has 41 heavy (non-hydrogen) atoms. The molecule has 2 unspecified atom stereocenters. The summed E-state index contributed by atoms with van der Waals surface area (Å²) in [5.74, 6) is -2.12. The van der Waals surface area contributed by atoms with Gasteiger partial charge in [0.1, 0.15) is 42.0 Å². The second-order valence-electron chi connectivity index (χ2n) is 9.05. The third-order valence-corrected chi connectivity index (χ3v) is 7.43. The Hall–Kier alpha value is -3.97. The van der Waals surface area contributed by atoms with Gasteiger partial charge in [-0.25, -0.2) is 27.9 Å². The first-order chi connectivity index (χ1) is 19.6. The minimum absolute atomic E-state index is 0.161. The van der Waals surface area contributed by atoms with E-state index in [0.717, 1.165) is 6.07 Å². The Labute approximate surface area is 247 Å². The highest BCUT2D eigenvalue weighted by molar-refractivity contribution is 7.71. The molecule has 2 heterocycles. The lowest BCUT2D eigenvalue weighted by atomic mass is 9.86. The maximum Gasteiger partial charge on any atom is 0.345 e. The molecule has 210 valence electrons. The fraction of sp³-hybridized carbons (Fsp3) is 0.148. The Bertz CT molecular complexity index is 1780. The van der Waals surface area contributed by atoms with Gasteiger partial charge < -0.3 is 9.84 Å². The molecule has 9 nitrogen and oxygen atoms in total. The van der Waals surface area contributed by atoms with Crippen molar-refractivity contribution in [2.45, 2.75) is 25.1 Å². The van der Waals surface area contributed by atoms with Crippen LogP contribution in [-0.2, 0) is 12.1 Å². The maximum absolute atomic E-state index is 14.9. The monoisotopic (exact) mass is 616 g/mol. The van der Waals surface area contributed by atoms with Crippen LogP contribution in [-0.4, -0.2) is 40.2 Å². The van der Waals surface area contributed by atoms with Gasteiger partial charge in [-0.05, 0) is 67.7 Å². The van der Waals surface area contributed by atoms with Crippen LogP contribution in [0.25, 0.3) is 5.69 Å². The summed E-state index contributed by atoms with van der Waals surface area (Å²) >= 11 is 17.6. The van der Waals surface area contributed by atoms with Gasteiger partial charge in [0.05, 0.1) is 23.2 Å². The second-order valence-corrected chi connectivity index (χ2v) is 10.3. The molecular formula is C27H20Cl2F2N6O3S. The Morgan fingerprint density at radius 1 is 1.07 bits per heavy atom. The van der Waals surface area contributed by atoms with E-state index in [-0.39, 0.29) is 33.2 Å². The average molecular weight is 617 g/mol. The summed E-state index contributed by atoms with van der Waals surface area (Å²) in [6.45, 7) is 1.39. The molecule has 0 aliphatic carbocycles. The maximum atomic E-state index is 14.9.